The van der Waals surface area contributed by atoms with Crippen molar-refractivity contribution in [1.82, 2.24) is 9.97 Å². The molecule has 0 radical (unpaired) electrons. The number of nitrogens with one attached hydrogen (secondary N) is 1. The van der Waals surface area contributed by atoms with Crippen LogP contribution in [-0.4, -0.2) is 15.9 Å². The van der Waals surface area contributed by atoms with E-state index < -0.39 is 0 Å². The van der Waals surface area contributed by atoms with E-state index in [2.05, 4.69) is 15.3 Å². The predicted octanol–water partition coefficient (Wildman–Crippen LogP) is 4.00. The standard InChI is InChI=1S/C17H12FN3OS/c18-13-6-4-12(5-7-13)16-17(23-11-20-16)21-15(22)9-8-14-3-1-2-10-19-14/h1-11H,(H,21,22)/b9-8+. The molecule has 0 aliphatic heterocycles. The van der Waals surface area contributed by atoms with Gasteiger partial charge in [-0.05, 0) is 42.5 Å². The molecule has 0 saturated carbocycles. The molecule has 0 fully saturated rings. The number of halogens is 1. The fourth-order valence-electron chi connectivity index (χ4n) is 1.94. The summed E-state index contributed by atoms with van der Waals surface area (Å²) >= 11 is 1.31. The Hall–Kier alpha value is -2.86. The Bertz CT molecular complexity index is 829. The van der Waals surface area contributed by atoms with Crippen LogP contribution in [0.4, 0.5) is 9.39 Å². The van der Waals surface area contributed by atoms with Gasteiger partial charge in [0.05, 0.1) is 11.2 Å². The summed E-state index contributed by atoms with van der Waals surface area (Å²) in [4.78, 5) is 20.4. The molecule has 0 aliphatic carbocycles. The largest absolute Gasteiger partial charge is 0.312 e. The minimum atomic E-state index is -0.312. The summed E-state index contributed by atoms with van der Waals surface area (Å²) in [7, 11) is 0. The van der Waals surface area contributed by atoms with Crippen LogP contribution in [0.1, 0.15) is 5.69 Å². The molecule has 0 unspecified atom stereocenters. The normalized spacial score (nSPS) is 10.8. The van der Waals surface area contributed by atoms with Crippen LogP contribution in [0, 0.1) is 5.82 Å². The molecule has 2 heterocycles. The van der Waals surface area contributed by atoms with Crippen LogP contribution < -0.4 is 5.32 Å². The van der Waals surface area contributed by atoms with Gasteiger partial charge in [0.15, 0.2) is 0 Å². The van der Waals surface area contributed by atoms with E-state index in [4.69, 9.17) is 0 Å². The van der Waals surface area contributed by atoms with Gasteiger partial charge >= 0.3 is 0 Å². The highest BCUT2D eigenvalue weighted by Gasteiger charge is 2.10. The van der Waals surface area contributed by atoms with Crippen molar-refractivity contribution in [1.29, 1.82) is 0 Å². The molecule has 0 atom stereocenters. The number of hydrogen-bond donors (Lipinski definition) is 1. The molecule has 23 heavy (non-hydrogen) atoms. The third-order valence-electron chi connectivity index (χ3n) is 3.02. The summed E-state index contributed by atoms with van der Waals surface area (Å²) < 4.78 is 13.0. The first-order chi connectivity index (χ1) is 11.2. The lowest BCUT2D eigenvalue weighted by Gasteiger charge is -2.03. The van der Waals surface area contributed by atoms with Gasteiger partial charge in [0.2, 0.25) is 5.91 Å². The predicted molar refractivity (Wildman–Crippen MR) is 89.4 cm³/mol. The summed E-state index contributed by atoms with van der Waals surface area (Å²) in [6, 6.07) is 11.4. The molecule has 0 bridgehead atoms. The van der Waals surface area contributed by atoms with E-state index in [0.29, 0.717) is 16.4 Å². The van der Waals surface area contributed by atoms with Gasteiger partial charge in [0.25, 0.3) is 0 Å². The number of benzene rings is 1. The Morgan fingerprint density at radius 1 is 1.13 bits per heavy atom. The van der Waals surface area contributed by atoms with Gasteiger partial charge in [-0.1, -0.05) is 6.07 Å². The van der Waals surface area contributed by atoms with Crippen molar-refractivity contribution in [3.05, 3.63) is 71.8 Å². The van der Waals surface area contributed by atoms with Crippen LogP contribution in [0.2, 0.25) is 0 Å². The summed E-state index contributed by atoms with van der Waals surface area (Å²) in [5.41, 5.74) is 3.70. The number of hydrogen-bond acceptors (Lipinski definition) is 4. The molecule has 0 saturated heterocycles. The van der Waals surface area contributed by atoms with E-state index in [1.807, 2.05) is 12.1 Å². The minimum Gasteiger partial charge on any atom is -0.312 e. The fraction of sp³-hybridized carbons (Fsp3) is 0. The summed E-state index contributed by atoms with van der Waals surface area (Å²) in [6.07, 6.45) is 4.71. The zero-order valence-electron chi connectivity index (χ0n) is 11.9. The summed E-state index contributed by atoms with van der Waals surface area (Å²) in [6.45, 7) is 0. The zero-order valence-corrected chi connectivity index (χ0v) is 12.8. The number of rotatable bonds is 4. The van der Waals surface area contributed by atoms with Crippen LogP contribution in [0.15, 0.2) is 60.2 Å². The average Bonchev–Trinajstić information content (AvgIpc) is 3.03. The zero-order chi connectivity index (χ0) is 16.1. The third-order valence-corrected chi connectivity index (χ3v) is 3.76. The lowest BCUT2D eigenvalue weighted by Crippen LogP contribution is -2.07. The van der Waals surface area contributed by atoms with Crippen LogP contribution in [0.5, 0.6) is 0 Å². The van der Waals surface area contributed by atoms with Gasteiger partial charge in [0.1, 0.15) is 16.5 Å². The number of nitrogens with zero attached hydrogens (tertiary/aromatic N) is 2. The Balaban J connectivity index is 1.74. The minimum absolute atomic E-state index is 0.275. The van der Waals surface area contributed by atoms with Gasteiger partial charge in [-0.15, -0.1) is 11.3 Å². The highest BCUT2D eigenvalue weighted by molar-refractivity contribution is 7.14. The van der Waals surface area contributed by atoms with E-state index in [9.17, 15) is 9.18 Å². The van der Waals surface area contributed by atoms with Crippen molar-refractivity contribution in [2.45, 2.75) is 0 Å². The lowest BCUT2D eigenvalue weighted by atomic mass is 10.1. The first-order valence-electron chi connectivity index (χ1n) is 6.82. The Morgan fingerprint density at radius 3 is 2.70 bits per heavy atom. The van der Waals surface area contributed by atoms with Gasteiger partial charge in [-0.3, -0.25) is 9.78 Å². The van der Waals surface area contributed by atoms with Crippen LogP contribution in [-0.2, 0) is 4.79 Å². The molecular weight excluding hydrogens is 313 g/mol. The number of aromatic nitrogens is 2. The average molecular weight is 325 g/mol. The Kier molecular flexibility index (Phi) is 4.54. The number of carbonyl (C=O) groups excluding carboxylic acids is 1. The maximum atomic E-state index is 13.0. The van der Waals surface area contributed by atoms with Gasteiger partial charge in [-0.2, -0.15) is 0 Å². The van der Waals surface area contributed by atoms with E-state index in [0.717, 1.165) is 5.56 Å². The molecule has 114 valence electrons. The van der Waals surface area contributed by atoms with Crippen molar-refractivity contribution in [3.63, 3.8) is 0 Å². The number of amides is 1. The molecule has 2 aromatic heterocycles. The second kappa shape index (κ2) is 6.93. The Labute approximate surface area is 136 Å². The quantitative estimate of drug-likeness (QED) is 0.738. The van der Waals surface area contributed by atoms with Gasteiger partial charge in [-0.25, -0.2) is 9.37 Å². The van der Waals surface area contributed by atoms with Crippen molar-refractivity contribution in [2.24, 2.45) is 0 Å². The molecule has 6 heteroatoms. The first-order valence-corrected chi connectivity index (χ1v) is 7.70. The molecule has 1 N–H and O–H groups in total. The molecule has 0 aliphatic rings. The van der Waals surface area contributed by atoms with Crippen molar-refractivity contribution >= 4 is 28.3 Å². The molecule has 0 spiro atoms. The first kappa shape index (κ1) is 15.1. The smallest absolute Gasteiger partial charge is 0.249 e. The van der Waals surface area contributed by atoms with Crippen molar-refractivity contribution in [3.8, 4) is 11.3 Å². The van der Waals surface area contributed by atoms with Crippen LogP contribution >= 0.6 is 11.3 Å². The molecule has 4 nitrogen and oxygen atoms in total. The maximum Gasteiger partial charge on any atom is 0.249 e. The SMILES string of the molecule is O=C(/C=C/c1ccccn1)Nc1scnc1-c1ccc(F)cc1. The molecule has 3 aromatic rings. The number of carbonyl (C=O) groups is 1. The molecular formula is C17H12FN3OS. The van der Waals surface area contributed by atoms with E-state index in [-0.39, 0.29) is 11.7 Å². The van der Waals surface area contributed by atoms with E-state index in [1.54, 1.807) is 36.0 Å². The second-order valence-electron chi connectivity index (χ2n) is 4.61. The third kappa shape index (κ3) is 3.87. The monoisotopic (exact) mass is 325 g/mol. The van der Waals surface area contributed by atoms with E-state index in [1.165, 1.54) is 29.5 Å². The lowest BCUT2D eigenvalue weighted by molar-refractivity contribution is -0.111. The molecule has 1 aromatic carbocycles. The van der Waals surface area contributed by atoms with Crippen LogP contribution in [0.3, 0.4) is 0 Å². The summed E-state index contributed by atoms with van der Waals surface area (Å²) in [5, 5.41) is 3.40. The van der Waals surface area contributed by atoms with Gasteiger partial charge < -0.3 is 5.32 Å². The fourth-order valence-corrected chi connectivity index (χ4v) is 2.64. The van der Waals surface area contributed by atoms with E-state index >= 15 is 0 Å². The van der Waals surface area contributed by atoms with Gasteiger partial charge in [0, 0.05) is 17.8 Å². The second-order valence-corrected chi connectivity index (χ2v) is 5.47. The Morgan fingerprint density at radius 2 is 1.96 bits per heavy atom. The molecule has 1 amide bonds. The number of anilines is 1. The number of pyridine rings is 1. The highest BCUT2D eigenvalue weighted by atomic mass is 32.1. The maximum absolute atomic E-state index is 13.0. The van der Waals surface area contributed by atoms with Crippen molar-refractivity contribution < 1.29 is 9.18 Å². The van der Waals surface area contributed by atoms with Crippen LogP contribution in [0.25, 0.3) is 17.3 Å². The number of thiazole rings is 1. The topological polar surface area (TPSA) is 54.9 Å². The highest BCUT2D eigenvalue weighted by Crippen LogP contribution is 2.30. The summed E-state index contributed by atoms with van der Waals surface area (Å²) in [5.74, 6) is -0.587. The molecule has 3 rings (SSSR count). The van der Waals surface area contributed by atoms with Crippen molar-refractivity contribution in [2.75, 3.05) is 5.32 Å².